The number of hydrogen-bond acceptors (Lipinski definition) is 7. The van der Waals surface area contributed by atoms with Gasteiger partial charge in [0.25, 0.3) is 5.91 Å². The van der Waals surface area contributed by atoms with E-state index in [1.54, 1.807) is 24.4 Å². The first kappa shape index (κ1) is 17.1. The predicted molar refractivity (Wildman–Crippen MR) is 98.4 cm³/mol. The highest BCUT2D eigenvalue weighted by molar-refractivity contribution is 5.94. The van der Waals surface area contributed by atoms with E-state index in [0.29, 0.717) is 11.4 Å². The van der Waals surface area contributed by atoms with E-state index in [-0.39, 0.29) is 12.5 Å². The number of nitrogens with one attached hydrogen (secondary N) is 1. The van der Waals surface area contributed by atoms with Gasteiger partial charge in [0, 0.05) is 24.8 Å². The number of nitrogens with zero attached hydrogens (tertiary/aromatic N) is 7. The molecule has 1 aliphatic rings. The molecule has 9 nitrogen and oxygen atoms in total. The van der Waals surface area contributed by atoms with Gasteiger partial charge < -0.3 is 10.2 Å². The molecule has 0 saturated carbocycles. The van der Waals surface area contributed by atoms with Gasteiger partial charge in [-0.3, -0.25) is 4.79 Å². The van der Waals surface area contributed by atoms with Gasteiger partial charge in [-0.05, 0) is 54.0 Å². The van der Waals surface area contributed by atoms with Crippen molar-refractivity contribution in [1.29, 1.82) is 0 Å². The highest BCUT2D eigenvalue weighted by Gasteiger charge is 2.13. The molecular weight excluding hydrogens is 344 g/mol. The number of amides is 1. The summed E-state index contributed by atoms with van der Waals surface area (Å²) in [5, 5.41) is 13.9. The summed E-state index contributed by atoms with van der Waals surface area (Å²) in [6, 6.07) is 9.02. The van der Waals surface area contributed by atoms with Crippen molar-refractivity contribution >= 4 is 11.7 Å². The average Bonchev–Trinajstić information content (AvgIpc) is 3.28. The summed E-state index contributed by atoms with van der Waals surface area (Å²) in [6.45, 7) is 2.31. The molecule has 4 rings (SSSR count). The fraction of sp³-hybridized carbons (Fsp3) is 0.333. The summed E-state index contributed by atoms with van der Waals surface area (Å²) >= 11 is 0. The molecule has 27 heavy (non-hydrogen) atoms. The predicted octanol–water partition coefficient (Wildman–Crippen LogP) is 1.37. The third-order valence-electron chi connectivity index (χ3n) is 4.50. The van der Waals surface area contributed by atoms with Gasteiger partial charge in [-0.15, -0.1) is 5.10 Å². The van der Waals surface area contributed by atoms with Crippen molar-refractivity contribution < 1.29 is 4.79 Å². The summed E-state index contributed by atoms with van der Waals surface area (Å²) < 4.78 is 1.50. The van der Waals surface area contributed by atoms with Crippen molar-refractivity contribution in [3.63, 3.8) is 0 Å². The minimum absolute atomic E-state index is 0.197. The van der Waals surface area contributed by atoms with Crippen LogP contribution in [0.5, 0.6) is 0 Å². The summed E-state index contributed by atoms with van der Waals surface area (Å²) in [4.78, 5) is 23.6. The molecule has 3 heterocycles. The molecule has 1 aromatic carbocycles. The van der Waals surface area contributed by atoms with Crippen LogP contribution in [-0.2, 0) is 6.54 Å². The van der Waals surface area contributed by atoms with Crippen LogP contribution in [0.15, 0.2) is 42.9 Å². The zero-order valence-corrected chi connectivity index (χ0v) is 14.8. The number of aromatic nitrogens is 6. The third kappa shape index (κ3) is 4.08. The highest BCUT2D eigenvalue weighted by Crippen LogP contribution is 2.17. The average molecular weight is 364 g/mol. The number of anilines is 1. The Kier molecular flexibility index (Phi) is 4.99. The maximum atomic E-state index is 12.5. The van der Waals surface area contributed by atoms with Crippen LogP contribution in [0.1, 0.15) is 35.4 Å². The molecule has 2 aromatic heterocycles. The molecule has 1 amide bonds. The van der Waals surface area contributed by atoms with Crippen LogP contribution in [0, 0.1) is 0 Å². The number of rotatable bonds is 5. The Labute approximate surface area is 156 Å². The second-order valence-electron chi connectivity index (χ2n) is 6.37. The maximum absolute atomic E-state index is 12.5. The van der Waals surface area contributed by atoms with E-state index in [2.05, 4.69) is 35.7 Å². The topological polar surface area (TPSA) is 102 Å². The Morgan fingerprint density at radius 3 is 2.85 bits per heavy atom. The Hall–Kier alpha value is -3.36. The minimum atomic E-state index is -0.197. The fourth-order valence-corrected chi connectivity index (χ4v) is 3.10. The number of carbonyl (C=O) groups excluding carboxylic acids is 1. The lowest BCUT2D eigenvalue weighted by molar-refractivity contribution is 0.0950. The number of piperidine rings is 1. The molecule has 0 spiro atoms. The summed E-state index contributed by atoms with van der Waals surface area (Å²) in [5.41, 5.74) is 1.24. The molecule has 0 aliphatic carbocycles. The molecule has 0 unspecified atom stereocenters. The van der Waals surface area contributed by atoms with Gasteiger partial charge in [0.1, 0.15) is 18.0 Å². The number of carbonyl (C=O) groups is 1. The molecule has 1 N–H and O–H groups in total. The number of benzene rings is 1. The quantitative estimate of drug-likeness (QED) is 0.729. The van der Waals surface area contributed by atoms with Crippen molar-refractivity contribution in [2.24, 2.45) is 0 Å². The molecular formula is C18H20N8O. The van der Waals surface area contributed by atoms with E-state index in [1.807, 2.05) is 12.1 Å². The molecule has 1 fully saturated rings. The normalized spacial score (nSPS) is 14.1. The number of tetrazole rings is 1. The van der Waals surface area contributed by atoms with E-state index in [9.17, 15) is 4.79 Å². The zero-order valence-electron chi connectivity index (χ0n) is 14.8. The molecule has 138 valence electrons. The lowest BCUT2D eigenvalue weighted by Gasteiger charge is -2.27. The number of hydrogen-bond donors (Lipinski definition) is 1. The van der Waals surface area contributed by atoms with Gasteiger partial charge in [0.15, 0.2) is 0 Å². The van der Waals surface area contributed by atoms with Crippen molar-refractivity contribution in [2.75, 3.05) is 18.0 Å². The SMILES string of the molecule is O=C(NCc1nccc(N2CCCCC2)n1)c1cccc(-n2cnnn2)c1. The van der Waals surface area contributed by atoms with Crippen LogP contribution >= 0.6 is 0 Å². The lowest BCUT2D eigenvalue weighted by atomic mass is 10.1. The first-order valence-corrected chi connectivity index (χ1v) is 8.98. The van der Waals surface area contributed by atoms with Crippen molar-refractivity contribution in [3.05, 3.63) is 54.2 Å². The maximum Gasteiger partial charge on any atom is 0.251 e. The van der Waals surface area contributed by atoms with E-state index in [4.69, 9.17) is 0 Å². The van der Waals surface area contributed by atoms with Gasteiger partial charge in [0.2, 0.25) is 0 Å². The van der Waals surface area contributed by atoms with Crippen LogP contribution in [0.3, 0.4) is 0 Å². The van der Waals surface area contributed by atoms with Crippen molar-refractivity contribution in [2.45, 2.75) is 25.8 Å². The smallest absolute Gasteiger partial charge is 0.251 e. The summed E-state index contributed by atoms with van der Waals surface area (Å²) in [7, 11) is 0. The van der Waals surface area contributed by atoms with Gasteiger partial charge in [-0.2, -0.15) is 0 Å². The van der Waals surface area contributed by atoms with Crippen LogP contribution < -0.4 is 10.2 Å². The van der Waals surface area contributed by atoms with Crippen LogP contribution in [-0.4, -0.2) is 49.2 Å². The summed E-state index contributed by atoms with van der Waals surface area (Å²) in [5.74, 6) is 1.33. The Bertz CT molecular complexity index is 905. The largest absolute Gasteiger partial charge is 0.357 e. The third-order valence-corrected chi connectivity index (χ3v) is 4.50. The molecule has 0 atom stereocenters. The fourth-order valence-electron chi connectivity index (χ4n) is 3.10. The van der Waals surface area contributed by atoms with Gasteiger partial charge >= 0.3 is 0 Å². The van der Waals surface area contributed by atoms with E-state index >= 15 is 0 Å². The molecule has 1 aliphatic heterocycles. The molecule has 3 aromatic rings. The standard InChI is InChI=1S/C18H20N8O/c27-18(14-5-4-6-15(11-14)26-13-21-23-24-26)20-12-16-19-8-7-17(22-16)25-9-2-1-3-10-25/h4-8,11,13H,1-3,9-10,12H2,(H,20,27). The minimum Gasteiger partial charge on any atom is -0.357 e. The molecule has 1 saturated heterocycles. The monoisotopic (exact) mass is 364 g/mol. The zero-order chi connectivity index (χ0) is 18.5. The van der Waals surface area contributed by atoms with E-state index in [0.717, 1.165) is 24.6 Å². The molecule has 0 bridgehead atoms. The van der Waals surface area contributed by atoms with Gasteiger partial charge in [0.05, 0.1) is 12.2 Å². The van der Waals surface area contributed by atoms with Gasteiger partial charge in [-0.25, -0.2) is 14.6 Å². The van der Waals surface area contributed by atoms with Crippen LogP contribution in [0.4, 0.5) is 5.82 Å². The van der Waals surface area contributed by atoms with Crippen molar-refractivity contribution in [3.8, 4) is 5.69 Å². The first-order chi connectivity index (χ1) is 13.3. The second-order valence-corrected chi connectivity index (χ2v) is 6.37. The second kappa shape index (κ2) is 7.90. The van der Waals surface area contributed by atoms with E-state index in [1.165, 1.54) is 30.3 Å². The van der Waals surface area contributed by atoms with Crippen molar-refractivity contribution in [1.82, 2.24) is 35.5 Å². The van der Waals surface area contributed by atoms with Gasteiger partial charge in [-0.1, -0.05) is 6.07 Å². The lowest BCUT2D eigenvalue weighted by Crippen LogP contribution is -2.31. The summed E-state index contributed by atoms with van der Waals surface area (Å²) in [6.07, 6.45) is 6.88. The Morgan fingerprint density at radius 2 is 2.04 bits per heavy atom. The van der Waals surface area contributed by atoms with E-state index < -0.39 is 0 Å². The van der Waals surface area contributed by atoms with Crippen LogP contribution in [0.25, 0.3) is 5.69 Å². The highest BCUT2D eigenvalue weighted by atomic mass is 16.1. The Balaban J connectivity index is 1.41. The van der Waals surface area contributed by atoms with Crippen LogP contribution in [0.2, 0.25) is 0 Å². The molecule has 9 heteroatoms. The Morgan fingerprint density at radius 1 is 1.15 bits per heavy atom. The molecule has 0 radical (unpaired) electrons. The first-order valence-electron chi connectivity index (χ1n) is 8.98.